The fourth-order valence-electron chi connectivity index (χ4n) is 2.69. The van der Waals surface area contributed by atoms with Gasteiger partial charge < -0.3 is 10.0 Å². The minimum atomic E-state index is -2.46. The summed E-state index contributed by atoms with van der Waals surface area (Å²) >= 11 is 1.82. The van der Waals surface area contributed by atoms with Crippen LogP contribution in [0.5, 0.6) is 0 Å². The van der Waals surface area contributed by atoms with E-state index in [4.69, 9.17) is 5.11 Å². The van der Waals surface area contributed by atoms with Gasteiger partial charge in [0.05, 0.1) is 0 Å². The lowest BCUT2D eigenvalue weighted by Gasteiger charge is -2.34. The largest absolute Gasteiger partial charge is 0.465 e. The van der Waals surface area contributed by atoms with Crippen LogP contribution in [0.2, 0.25) is 0 Å². The molecule has 0 aromatic heterocycles. The van der Waals surface area contributed by atoms with Gasteiger partial charge in [-0.3, -0.25) is 0 Å². The molecule has 6 heteroatoms. The summed E-state index contributed by atoms with van der Waals surface area (Å²) in [7, 11) is 1.58. The Bertz CT molecular complexity index is 362. The van der Waals surface area contributed by atoms with Crippen molar-refractivity contribution in [3.05, 3.63) is 0 Å². The quantitative estimate of drug-likeness (QED) is 0.745. The van der Waals surface area contributed by atoms with Gasteiger partial charge in [-0.05, 0) is 36.3 Å². The van der Waals surface area contributed by atoms with Crippen molar-refractivity contribution in [1.29, 1.82) is 0 Å². The number of alkyl halides is 2. The summed E-state index contributed by atoms with van der Waals surface area (Å²) < 4.78 is 26.4. The second-order valence-electron chi connectivity index (χ2n) is 7.48. The molecule has 1 fully saturated rings. The van der Waals surface area contributed by atoms with Gasteiger partial charge in [-0.1, -0.05) is 20.8 Å². The molecule has 1 aliphatic rings. The van der Waals surface area contributed by atoms with E-state index in [9.17, 15) is 13.6 Å². The van der Waals surface area contributed by atoms with E-state index in [1.807, 2.05) is 11.8 Å². The first-order chi connectivity index (χ1) is 10.0. The number of hydrogen-bond acceptors (Lipinski definition) is 2. The number of thioether (sulfide) groups is 1. The standard InChI is InChI=1S/C16H29F2NO2S/c1-15(2,3)13(7-10-19(4)14(20)21)22-11-12-5-8-16(17,18)9-6-12/h12-13H,5-11H2,1-4H3,(H,20,21). The van der Waals surface area contributed by atoms with Crippen molar-refractivity contribution in [2.24, 2.45) is 11.3 Å². The fourth-order valence-corrected chi connectivity index (χ4v) is 4.30. The number of hydrogen-bond donors (Lipinski definition) is 1. The Morgan fingerprint density at radius 1 is 1.36 bits per heavy atom. The minimum absolute atomic E-state index is 0.0141. The lowest BCUT2D eigenvalue weighted by Crippen LogP contribution is -2.33. The molecule has 0 aliphatic heterocycles. The molecule has 0 spiro atoms. The topological polar surface area (TPSA) is 40.5 Å². The van der Waals surface area contributed by atoms with Gasteiger partial charge in [-0.2, -0.15) is 11.8 Å². The Hall–Kier alpha value is -0.520. The molecule has 3 nitrogen and oxygen atoms in total. The lowest BCUT2D eigenvalue weighted by atomic mass is 9.88. The first-order valence-electron chi connectivity index (χ1n) is 7.95. The van der Waals surface area contributed by atoms with Crippen molar-refractivity contribution in [2.75, 3.05) is 19.3 Å². The highest BCUT2D eigenvalue weighted by atomic mass is 32.2. The van der Waals surface area contributed by atoms with Crippen LogP contribution in [0.25, 0.3) is 0 Å². The number of amides is 1. The Morgan fingerprint density at radius 2 is 1.91 bits per heavy atom. The molecular formula is C16H29F2NO2S. The van der Waals surface area contributed by atoms with Gasteiger partial charge >= 0.3 is 6.09 Å². The van der Waals surface area contributed by atoms with Crippen molar-refractivity contribution < 1.29 is 18.7 Å². The van der Waals surface area contributed by atoms with Crippen LogP contribution < -0.4 is 0 Å². The number of carbonyl (C=O) groups is 1. The van der Waals surface area contributed by atoms with E-state index in [1.54, 1.807) is 7.05 Å². The highest BCUT2D eigenvalue weighted by Gasteiger charge is 2.35. The second kappa shape index (κ2) is 7.84. The van der Waals surface area contributed by atoms with Gasteiger partial charge in [0.25, 0.3) is 0 Å². The van der Waals surface area contributed by atoms with Crippen molar-refractivity contribution >= 4 is 17.9 Å². The van der Waals surface area contributed by atoms with Crippen LogP contribution in [0.4, 0.5) is 13.6 Å². The van der Waals surface area contributed by atoms with Crippen molar-refractivity contribution in [3.8, 4) is 0 Å². The van der Waals surface area contributed by atoms with Crippen LogP contribution in [-0.4, -0.2) is 46.6 Å². The smallest absolute Gasteiger partial charge is 0.407 e. The van der Waals surface area contributed by atoms with Gasteiger partial charge in [0.2, 0.25) is 5.92 Å². The average molecular weight is 337 g/mol. The van der Waals surface area contributed by atoms with Crippen LogP contribution in [0.3, 0.4) is 0 Å². The van der Waals surface area contributed by atoms with Crippen molar-refractivity contribution in [2.45, 2.75) is 64.0 Å². The van der Waals surface area contributed by atoms with E-state index in [1.165, 1.54) is 4.90 Å². The molecular weight excluding hydrogens is 308 g/mol. The molecule has 1 atom stereocenters. The van der Waals surface area contributed by atoms with Gasteiger partial charge in [0.15, 0.2) is 0 Å². The Labute approximate surface area is 136 Å². The number of halogens is 2. The van der Waals surface area contributed by atoms with Crippen LogP contribution in [0.1, 0.15) is 52.9 Å². The van der Waals surface area contributed by atoms with Gasteiger partial charge in [0, 0.05) is 31.7 Å². The zero-order valence-corrected chi connectivity index (χ0v) is 14.9. The Balaban J connectivity index is 2.44. The number of carboxylic acid groups (broad SMARTS) is 1. The molecule has 0 saturated heterocycles. The van der Waals surface area contributed by atoms with Gasteiger partial charge in [-0.15, -0.1) is 0 Å². The zero-order chi connectivity index (χ0) is 17.0. The summed E-state index contributed by atoms with van der Waals surface area (Å²) in [5, 5.41) is 9.26. The number of rotatable bonds is 6. The maximum atomic E-state index is 13.2. The monoisotopic (exact) mass is 337 g/mol. The van der Waals surface area contributed by atoms with Crippen LogP contribution in [-0.2, 0) is 0 Å². The third-order valence-corrected chi connectivity index (χ3v) is 6.40. The van der Waals surface area contributed by atoms with Crippen molar-refractivity contribution in [1.82, 2.24) is 4.90 Å². The molecule has 1 amide bonds. The molecule has 1 N–H and O–H groups in total. The summed E-state index contributed by atoms with van der Waals surface area (Å²) in [6.45, 7) is 6.97. The highest BCUT2D eigenvalue weighted by Crippen LogP contribution is 2.40. The summed E-state index contributed by atoms with van der Waals surface area (Å²) in [5.41, 5.74) is 0.0720. The molecule has 0 bridgehead atoms. The van der Waals surface area contributed by atoms with E-state index < -0.39 is 12.0 Å². The average Bonchev–Trinajstić information content (AvgIpc) is 2.38. The fraction of sp³-hybridized carbons (Fsp3) is 0.938. The van der Waals surface area contributed by atoms with E-state index in [2.05, 4.69) is 20.8 Å². The Kier molecular flexibility index (Phi) is 6.96. The van der Waals surface area contributed by atoms with Gasteiger partial charge in [0.1, 0.15) is 0 Å². The van der Waals surface area contributed by atoms with E-state index >= 15 is 0 Å². The van der Waals surface area contributed by atoms with Crippen LogP contribution >= 0.6 is 11.8 Å². The molecule has 0 radical (unpaired) electrons. The molecule has 0 aromatic rings. The second-order valence-corrected chi connectivity index (χ2v) is 8.72. The van der Waals surface area contributed by atoms with E-state index in [0.29, 0.717) is 30.6 Å². The predicted octanol–water partition coefficient (Wildman–Crippen LogP) is 4.96. The lowest BCUT2D eigenvalue weighted by molar-refractivity contribution is -0.0433. The summed E-state index contributed by atoms with van der Waals surface area (Å²) in [6.07, 6.45) is 1.12. The predicted molar refractivity (Wildman–Crippen MR) is 87.9 cm³/mol. The normalized spacial score (nSPS) is 20.6. The van der Waals surface area contributed by atoms with Gasteiger partial charge in [-0.25, -0.2) is 13.6 Å². The first kappa shape index (κ1) is 19.5. The summed E-state index contributed by atoms with van der Waals surface area (Å²) in [6, 6.07) is 0. The molecule has 1 saturated carbocycles. The van der Waals surface area contributed by atoms with E-state index in [0.717, 1.165) is 12.2 Å². The molecule has 1 aliphatic carbocycles. The molecule has 0 heterocycles. The first-order valence-corrected chi connectivity index (χ1v) is 8.99. The molecule has 0 aromatic carbocycles. The SMILES string of the molecule is CN(CCC(SCC1CCC(F)(F)CC1)C(C)(C)C)C(=O)O. The highest BCUT2D eigenvalue weighted by molar-refractivity contribution is 7.99. The Morgan fingerprint density at radius 3 is 2.36 bits per heavy atom. The molecule has 130 valence electrons. The molecule has 1 unspecified atom stereocenters. The maximum absolute atomic E-state index is 13.2. The summed E-state index contributed by atoms with van der Waals surface area (Å²) in [4.78, 5) is 12.2. The third-order valence-electron chi connectivity index (χ3n) is 4.39. The zero-order valence-electron chi connectivity index (χ0n) is 14.1. The van der Waals surface area contributed by atoms with Crippen molar-refractivity contribution in [3.63, 3.8) is 0 Å². The number of nitrogens with zero attached hydrogens (tertiary/aromatic N) is 1. The van der Waals surface area contributed by atoms with Crippen LogP contribution in [0.15, 0.2) is 0 Å². The molecule has 22 heavy (non-hydrogen) atoms. The summed E-state index contributed by atoms with van der Waals surface area (Å²) in [5.74, 6) is -1.20. The third kappa shape index (κ3) is 6.71. The van der Waals surface area contributed by atoms with Crippen LogP contribution in [0, 0.1) is 11.3 Å². The minimum Gasteiger partial charge on any atom is -0.465 e. The maximum Gasteiger partial charge on any atom is 0.407 e. The van der Waals surface area contributed by atoms with E-state index in [-0.39, 0.29) is 18.3 Å². The molecule has 1 rings (SSSR count).